The smallest absolute Gasteiger partial charge is 0.327 e. The second kappa shape index (κ2) is 8.98. The highest BCUT2D eigenvalue weighted by Gasteiger charge is 2.64. The van der Waals surface area contributed by atoms with Crippen LogP contribution < -0.4 is 16.1 Å². The number of rotatable bonds is 6. The number of hydrogen-bond donors (Lipinski definition) is 3. The quantitative estimate of drug-likeness (QED) is 0.400. The Balaban J connectivity index is 1.28. The van der Waals surface area contributed by atoms with Crippen LogP contribution in [0.1, 0.15) is 41.4 Å². The van der Waals surface area contributed by atoms with Gasteiger partial charge in [-0.05, 0) is 37.5 Å². The van der Waals surface area contributed by atoms with Crippen molar-refractivity contribution in [1.29, 1.82) is 0 Å². The van der Waals surface area contributed by atoms with Gasteiger partial charge in [0.2, 0.25) is 17.2 Å². The molecule has 0 spiro atoms. The predicted octanol–water partition coefficient (Wildman–Crippen LogP) is 1.66. The number of pyridine rings is 1. The van der Waals surface area contributed by atoms with Crippen LogP contribution in [0.25, 0.3) is 10.9 Å². The molecular formula is C28H26N4O6S. The van der Waals surface area contributed by atoms with Crippen molar-refractivity contribution in [1.82, 2.24) is 20.1 Å². The van der Waals surface area contributed by atoms with Crippen LogP contribution in [-0.4, -0.2) is 60.5 Å². The van der Waals surface area contributed by atoms with Crippen LogP contribution in [0.4, 0.5) is 0 Å². The maximum atomic E-state index is 13.5. The van der Waals surface area contributed by atoms with Crippen LogP contribution in [0.3, 0.4) is 0 Å². The third kappa shape index (κ3) is 3.91. The van der Waals surface area contributed by atoms with E-state index in [1.54, 1.807) is 56.3 Å². The number of aryl methyl sites for hydroxylation is 2. The minimum Gasteiger partial charge on any atom is -0.480 e. The molecule has 0 aliphatic carbocycles. The molecule has 1 aromatic heterocycles. The van der Waals surface area contributed by atoms with E-state index in [4.69, 9.17) is 0 Å². The number of β-lactam (4-membered cyclic amide) rings is 1. The standard InChI is InChI=1S/C28H26N4O6S/c1-28(2)22(27(37)38)32-25(36)19(26(32)39-28)30-24(35)18(14-7-4-3-5-8-14)29-23(34)17-13-31-12-11-15-9-6-10-16(20(15)31)21(17)33/h3-10,13,18-19,22,26H,11-12H2,1-2H3,(H,29,34)(H,30,35)(H,37,38)/t18-,19?,22?,26?/m1/s1. The number of carbonyl (C=O) groups is 4. The fourth-order valence-corrected chi connectivity index (χ4v) is 7.48. The number of benzene rings is 2. The number of hydrogen-bond acceptors (Lipinski definition) is 6. The number of carbonyl (C=O) groups excluding carboxylic acids is 3. The van der Waals surface area contributed by atoms with Crippen molar-refractivity contribution in [3.05, 3.63) is 81.6 Å². The molecule has 0 saturated carbocycles. The molecule has 0 radical (unpaired) electrons. The number of thioether (sulfide) groups is 1. The normalized spacial score (nSPS) is 23.2. The average Bonchev–Trinajstić information content (AvgIpc) is 3.44. The van der Waals surface area contributed by atoms with Crippen LogP contribution in [0.15, 0.2) is 59.5 Å². The SMILES string of the molecule is CC1(C)SC2C(NC(=O)[C@H](NC(=O)c3cn4c5c(cccc5c3=O)CC4)c3ccccc3)C(=O)N2C1C(=O)O. The summed E-state index contributed by atoms with van der Waals surface area (Å²) in [5.74, 6) is -2.91. The van der Waals surface area contributed by atoms with Gasteiger partial charge in [-0.3, -0.25) is 19.2 Å². The first-order chi connectivity index (χ1) is 18.6. The lowest BCUT2D eigenvalue weighted by Crippen LogP contribution is -2.71. The summed E-state index contributed by atoms with van der Waals surface area (Å²) < 4.78 is 1.15. The number of nitrogens with zero attached hydrogens (tertiary/aromatic N) is 2. The average molecular weight is 547 g/mol. The minimum absolute atomic E-state index is 0.0708. The second-order valence-corrected chi connectivity index (χ2v) is 12.3. The lowest BCUT2D eigenvalue weighted by Gasteiger charge is -2.44. The number of fused-ring (bicyclic) bond motifs is 1. The van der Waals surface area contributed by atoms with Gasteiger partial charge in [-0.15, -0.1) is 11.8 Å². The minimum atomic E-state index is -1.18. The lowest BCUT2D eigenvalue weighted by molar-refractivity contribution is -0.161. The summed E-state index contributed by atoms with van der Waals surface area (Å²) >= 11 is 1.32. The van der Waals surface area contributed by atoms with Gasteiger partial charge >= 0.3 is 5.97 Å². The fraction of sp³-hybridized carbons (Fsp3) is 0.321. The Morgan fingerprint density at radius 2 is 1.82 bits per heavy atom. The van der Waals surface area contributed by atoms with E-state index in [0.717, 1.165) is 17.5 Å². The van der Waals surface area contributed by atoms with Crippen molar-refractivity contribution in [3.63, 3.8) is 0 Å². The van der Waals surface area contributed by atoms with Crippen molar-refractivity contribution in [3.8, 4) is 0 Å². The molecule has 3 unspecified atom stereocenters. The van der Waals surface area contributed by atoms with Crippen molar-refractivity contribution in [2.45, 2.75) is 55.1 Å². The Morgan fingerprint density at radius 3 is 2.54 bits per heavy atom. The van der Waals surface area contributed by atoms with Crippen molar-refractivity contribution < 1.29 is 24.3 Å². The highest BCUT2D eigenvalue weighted by atomic mass is 32.2. The largest absolute Gasteiger partial charge is 0.480 e. The summed E-state index contributed by atoms with van der Waals surface area (Å²) in [5.41, 5.74) is 1.86. The molecule has 3 aromatic rings. The molecule has 3 N–H and O–H groups in total. The van der Waals surface area contributed by atoms with E-state index in [-0.39, 0.29) is 5.56 Å². The molecule has 0 bridgehead atoms. The van der Waals surface area contributed by atoms with Crippen LogP contribution >= 0.6 is 11.8 Å². The number of carboxylic acids is 1. The van der Waals surface area contributed by atoms with E-state index in [0.29, 0.717) is 17.5 Å². The zero-order chi connectivity index (χ0) is 27.6. The summed E-state index contributed by atoms with van der Waals surface area (Å²) in [6.07, 6.45) is 2.30. The van der Waals surface area contributed by atoms with Gasteiger partial charge in [0, 0.05) is 22.9 Å². The monoisotopic (exact) mass is 546 g/mol. The second-order valence-electron chi connectivity index (χ2n) is 10.5. The Hall–Kier alpha value is -4.12. The van der Waals surface area contributed by atoms with Crippen molar-refractivity contribution >= 4 is 46.4 Å². The number of carboxylic acid groups (broad SMARTS) is 1. The van der Waals surface area contributed by atoms with E-state index in [9.17, 15) is 29.1 Å². The third-order valence-electron chi connectivity index (χ3n) is 7.69. The first-order valence-corrected chi connectivity index (χ1v) is 13.5. The Morgan fingerprint density at radius 1 is 1.08 bits per heavy atom. The van der Waals surface area contributed by atoms with E-state index >= 15 is 0 Å². The number of nitrogens with one attached hydrogen (secondary N) is 2. The third-order valence-corrected chi connectivity index (χ3v) is 9.26. The molecule has 39 heavy (non-hydrogen) atoms. The zero-order valence-electron chi connectivity index (χ0n) is 21.2. The van der Waals surface area contributed by atoms with Gasteiger partial charge in [0.15, 0.2) is 0 Å². The van der Waals surface area contributed by atoms with Gasteiger partial charge in [0.25, 0.3) is 5.91 Å². The van der Waals surface area contributed by atoms with E-state index in [1.807, 2.05) is 10.6 Å². The maximum absolute atomic E-state index is 13.5. The topological polar surface area (TPSA) is 138 Å². The maximum Gasteiger partial charge on any atom is 0.327 e. The van der Waals surface area contributed by atoms with E-state index in [2.05, 4.69) is 10.6 Å². The van der Waals surface area contributed by atoms with E-state index < -0.39 is 57.4 Å². The van der Waals surface area contributed by atoms with Crippen LogP contribution in [0.2, 0.25) is 0 Å². The number of amides is 3. The molecule has 2 fully saturated rings. The van der Waals surface area contributed by atoms with Gasteiger partial charge in [-0.1, -0.05) is 42.5 Å². The summed E-state index contributed by atoms with van der Waals surface area (Å²) in [6, 6.07) is 10.9. The van der Waals surface area contributed by atoms with Crippen molar-refractivity contribution in [2.75, 3.05) is 0 Å². The molecule has 3 amide bonds. The summed E-state index contributed by atoms with van der Waals surface area (Å²) in [7, 11) is 0. The van der Waals surface area contributed by atoms with Gasteiger partial charge in [0.05, 0.1) is 5.52 Å². The number of aliphatic carboxylic acids is 1. The summed E-state index contributed by atoms with van der Waals surface area (Å²) in [5, 5.41) is 15.0. The Bertz CT molecular complexity index is 1620. The zero-order valence-corrected chi connectivity index (χ0v) is 22.0. The Kier molecular flexibility index (Phi) is 5.79. The molecule has 2 saturated heterocycles. The highest BCUT2D eigenvalue weighted by Crippen LogP contribution is 2.50. The molecule has 10 nitrogen and oxygen atoms in total. The van der Waals surface area contributed by atoms with Crippen LogP contribution in [-0.2, 0) is 27.3 Å². The number of para-hydroxylation sites is 1. The molecule has 4 heterocycles. The molecule has 3 aliphatic heterocycles. The highest BCUT2D eigenvalue weighted by molar-refractivity contribution is 8.01. The van der Waals surface area contributed by atoms with Crippen LogP contribution in [0.5, 0.6) is 0 Å². The fourth-order valence-electron chi connectivity index (χ4n) is 5.86. The number of aromatic nitrogens is 1. The molecule has 6 rings (SSSR count). The lowest BCUT2D eigenvalue weighted by atomic mass is 9.95. The molecule has 11 heteroatoms. The molecular weight excluding hydrogens is 520 g/mol. The molecule has 4 atom stereocenters. The molecule has 2 aromatic carbocycles. The summed E-state index contributed by atoms with van der Waals surface area (Å²) in [6.45, 7) is 4.15. The molecule has 3 aliphatic rings. The van der Waals surface area contributed by atoms with Gasteiger partial charge in [0.1, 0.15) is 29.1 Å². The Labute approximate surface area is 227 Å². The first kappa shape index (κ1) is 25.2. The van der Waals surface area contributed by atoms with Gasteiger partial charge in [-0.2, -0.15) is 0 Å². The molecule has 200 valence electrons. The van der Waals surface area contributed by atoms with E-state index in [1.165, 1.54) is 22.9 Å². The predicted molar refractivity (Wildman–Crippen MR) is 144 cm³/mol. The van der Waals surface area contributed by atoms with Crippen molar-refractivity contribution in [2.24, 2.45) is 0 Å². The first-order valence-electron chi connectivity index (χ1n) is 12.6. The van der Waals surface area contributed by atoms with Gasteiger partial charge < -0.3 is 25.2 Å². The van der Waals surface area contributed by atoms with Gasteiger partial charge in [-0.25, -0.2) is 4.79 Å². The summed E-state index contributed by atoms with van der Waals surface area (Å²) in [4.78, 5) is 66.3. The van der Waals surface area contributed by atoms with Crippen LogP contribution in [0, 0.1) is 0 Å².